The standard InChI is InChI=1S/C25H38FN5O4/c1-19(2)15-28-16-22(32)29-18-25(35)31(14-6-13-30-12-5-9-23(30)33)24(34)17-27-11-10-20-7-3-4-8-21(20)26/h3-4,7-8,19,27-28H,5-6,9-18H2,1-2H3,(H,29,32). The van der Waals surface area contributed by atoms with Gasteiger partial charge in [-0.25, -0.2) is 4.39 Å². The molecular formula is C25H38FN5O4. The zero-order valence-electron chi connectivity index (χ0n) is 20.8. The molecule has 9 nitrogen and oxygen atoms in total. The summed E-state index contributed by atoms with van der Waals surface area (Å²) >= 11 is 0. The van der Waals surface area contributed by atoms with E-state index >= 15 is 0 Å². The van der Waals surface area contributed by atoms with Crippen LogP contribution in [0.25, 0.3) is 0 Å². The summed E-state index contributed by atoms with van der Waals surface area (Å²) in [5.74, 6) is -1.07. The zero-order valence-corrected chi connectivity index (χ0v) is 20.8. The van der Waals surface area contributed by atoms with Crippen molar-refractivity contribution in [2.24, 2.45) is 5.92 Å². The summed E-state index contributed by atoms with van der Waals surface area (Å²) in [4.78, 5) is 52.3. The minimum atomic E-state index is -0.504. The van der Waals surface area contributed by atoms with Crippen molar-refractivity contribution in [3.8, 4) is 0 Å². The predicted molar refractivity (Wildman–Crippen MR) is 131 cm³/mol. The maximum Gasteiger partial charge on any atom is 0.248 e. The lowest BCUT2D eigenvalue weighted by atomic mass is 10.1. The summed E-state index contributed by atoms with van der Waals surface area (Å²) in [7, 11) is 0. The first-order chi connectivity index (χ1) is 16.8. The van der Waals surface area contributed by atoms with Gasteiger partial charge in [-0.3, -0.25) is 24.1 Å². The third-order valence-electron chi connectivity index (χ3n) is 5.66. The van der Waals surface area contributed by atoms with Crippen LogP contribution in [0.2, 0.25) is 0 Å². The molecule has 4 amide bonds. The third kappa shape index (κ3) is 10.5. The van der Waals surface area contributed by atoms with Crippen LogP contribution in [0, 0.1) is 11.7 Å². The summed E-state index contributed by atoms with van der Waals surface area (Å²) in [6.45, 7) is 6.13. The largest absolute Gasteiger partial charge is 0.346 e. The molecule has 0 bridgehead atoms. The van der Waals surface area contributed by atoms with Crippen molar-refractivity contribution in [3.63, 3.8) is 0 Å². The maximum atomic E-state index is 13.8. The van der Waals surface area contributed by atoms with Gasteiger partial charge in [0, 0.05) is 26.1 Å². The van der Waals surface area contributed by atoms with E-state index in [9.17, 15) is 23.6 Å². The minimum Gasteiger partial charge on any atom is -0.346 e. The van der Waals surface area contributed by atoms with Gasteiger partial charge in [-0.15, -0.1) is 0 Å². The Morgan fingerprint density at radius 1 is 1.09 bits per heavy atom. The molecule has 0 atom stereocenters. The number of amides is 4. The first-order valence-corrected chi connectivity index (χ1v) is 12.3. The van der Waals surface area contributed by atoms with E-state index in [0.717, 1.165) is 11.3 Å². The third-order valence-corrected chi connectivity index (χ3v) is 5.66. The molecule has 1 aliphatic heterocycles. The minimum absolute atomic E-state index is 0.0881. The monoisotopic (exact) mass is 491 g/mol. The molecule has 1 heterocycles. The molecule has 1 aliphatic rings. The topological polar surface area (TPSA) is 111 Å². The van der Waals surface area contributed by atoms with E-state index in [-0.39, 0.29) is 43.8 Å². The van der Waals surface area contributed by atoms with Gasteiger partial charge in [0.05, 0.1) is 19.6 Å². The quantitative estimate of drug-likeness (QED) is 0.312. The highest BCUT2D eigenvalue weighted by molar-refractivity contribution is 5.98. The predicted octanol–water partition coefficient (Wildman–Crippen LogP) is 0.687. The van der Waals surface area contributed by atoms with Crippen LogP contribution in [0.4, 0.5) is 4.39 Å². The fraction of sp³-hybridized carbons (Fsp3) is 0.600. The van der Waals surface area contributed by atoms with E-state index in [1.807, 2.05) is 13.8 Å². The van der Waals surface area contributed by atoms with Crippen LogP contribution in [0.1, 0.15) is 38.7 Å². The summed E-state index contributed by atoms with van der Waals surface area (Å²) in [6.07, 6.45) is 2.22. The lowest BCUT2D eigenvalue weighted by Crippen LogP contribution is -2.48. The van der Waals surface area contributed by atoms with Crippen LogP contribution in [-0.4, -0.2) is 85.8 Å². The Balaban J connectivity index is 1.84. The van der Waals surface area contributed by atoms with Crippen molar-refractivity contribution in [1.29, 1.82) is 0 Å². The van der Waals surface area contributed by atoms with E-state index in [1.165, 1.54) is 6.07 Å². The molecule has 194 valence electrons. The number of benzene rings is 1. The van der Waals surface area contributed by atoms with Crippen LogP contribution in [0.3, 0.4) is 0 Å². The van der Waals surface area contributed by atoms with E-state index in [1.54, 1.807) is 23.1 Å². The second-order valence-corrected chi connectivity index (χ2v) is 9.10. The van der Waals surface area contributed by atoms with Gasteiger partial charge in [0.25, 0.3) is 0 Å². The van der Waals surface area contributed by atoms with Crippen LogP contribution >= 0.6 is 0 Å². The van der Waals surface area contributed by atoms with E-state index < -0.39 is 11.8 Å². The molecule has 0 aromatic heterocycles. The van der Waals surface area contributed by atoms with Gasteiger partial charge in [0.2, 0.25) is 23.6 Å². The molecule has 0 unspecified atom stereocenters. The number of halogens is 1. The van der Waals surface area contributed by atoms with Crippen molar-refractivity contribution in [2.75, 3.05) is 52.4 Å². The lowest BCUT2D eigenvalue weighted by molar-refractivity contribution is -0.144. The SMILES string of the molecule is CC(C)CNCC(=O)NCC(=O)N(CCCN1CCCC1=O)C(=O)CNCCc1ccccc1F. The number of nitrogens with zero attached hydrogens (tertiary/aromatic N) is 2. The van der Waals surface area contributed by atoms with Crippen LogP contribution in [0.5, 0.6) is 0 Å². The number of imide groups is 1. The molecule has 1 saturated heterocycles. The average molecular weight is 492 g/mol. The Morgan fingerprint density at radius 3 is 2.51 bits per heavy atom. The Labute approximate surface area is 206 Å². The van der Waals surface area contributed by atoms with Gasteiger partial charge in [-0.05, 0) is 49.9 Å². The van der Waals surface area contributed by atoms with E-state index in [2.05, 4.69) is 16.0 Å². The highest BCUT2D eigenvalue weighted by Gasteiger charge is 2.23. The molecule has 1 fully saturated rings. The molecule has 2 rings (SSSR count). The molecule has 1 aromatic rings. The van der Waals surface area contributed by atoms with Crippen molar-refractivity contribution in [2.45, 2.75) is 39.5 Å². The molecular weight excluding hydrogens is 453 g/mol. The number of carbonyl (C=O) groups is 4. The number of hydrogen-bond acceptors (Lipinski definition) is 6. The van der Waals surface area contributed by atoms with Crippen LogP contribution in [-0.2, 0) is 25.6 Å². The zero-order chi connectivity index (χ0) is 25.6. The second kappa shape index (κ2) is 15.2. The van der Waals surface area contributed by atoms with Gasteiger partial charge in [-0.1, -0.05) is 32.0 Å². The Bertz CT molecular complexity index is 864. The first-order valence-electron chi connectivity index (χ1n) is 12.3. The van der Waals surface area contributed by atoms with Crippen molar-refractivity contribution < 1.29 is 23.6 Å². The normalized spacial score (nSPS) is 13.4. The average Bonchev–Trinajstić information content (AvgIpc) is 3.23. The summed E-state index contributed by atoms with van der Waals surface area (Å²) in [5.41, 5.74) is 0.546. The number of rotatable bonds is 15. The van der Waals surface area contributed by atoms with Crippen molar-refractivity contribution in [3.05, 3.63) is 35.6 Å². The Morgan fingerprint density at radius 2 is 1.83 bits per heavy atom. The Kier molecular flexibility index (Phi) is 12.3. The van der Waals surface area contributed by atoms with Gasteiger partial charge >= 0.3 is 0 Å². The highest BCUT2D eigenvalue weighted by Crippen LogP contribution is 2.10. The molecule has 1 aromatic carbocycles. The second-order valence-electron chi connectivity index (χ2n) is 9.10. The number of carbonyl (C=O) groups excluding carboxylic acids is 4. The molecule has 35 heavy (non-hydrogen) atoms. The fourth-order valence-electron chi connectivity index (χ4n) is 3.77. The fourth-order valence-corrected chi connectivity index (χ4v) is 3.77. The number of hydrogen-bond donors (Lipinski definition) is 3. The first kappa shape index (κ1) is 28.4. The molecule has 0 saturated carbocycles. The molecule has 0 radical (unpaired) electrons. The van der Waals surface area contributed by atoms with Crippen LogP contribution < -0.4 is 16.0 Å². The van der Waals surface area contributed by atoms with Gasteiger partial charge in [0.15, 0.2) is 0 Å². The molecule has 10 heteroatoms. The van der Waals surface area contributed by atoms with Crippen molar-refractivity contribution in [1.82, 2.24) is 25.8 Å². The summed E-state index contributed by atoms with van der Waals surface area (Å²) in [5, 5.41) is 8.52. The molecule has 0 aliphatic carbocycles. The van der Waals surface area contributed by atoms with Gasteiger partial charge < -0.3 is 20.9 Å². The molecule has 3 N–H and O–H groups in total. The summed E-state index contributed by atoms with van der Waals surface area (Å²) in [6, 6.07) is 6.45. The highest BCUT2D eigenvalue weighted by atomic mass is 19.1. The number of likely N-dealkylation sites (tertiary alicyclic amines) is 1. The smallest absolute Gasteiger partial charge is 0.248 e. The van der Waals surface area contributed by atoms with E-state index in [0.29, 0.717) is 56.9 Å². The van der Waals surface area contributed by atoms with Crippen molar-refractivity contribution >= 4 is 23.6 Å². The maximum absolute atomic E-state index is 13.8. The number of nitrogens with one attached hydrogen (secondary N) is 3. The van der Waals surface area contributed by atoms with Crippen LogP contribution in [0.15, 0.2) is 24.3 Å². The lowest BCUT2D eigenvalue weighted by Gasteiger charge is -2.23. The Hall–Kier alpha value is -2.85. The summed E-state index contributed by atoms with van der Waals surface area (Å²) < 4.78 is 13.8. The molecule has 0 spiro atoms. The van der Waals surface area contributed by atoms with Gasteiger partial charge in [0.1, 0.15) is 5.82 Å². The van der Waals surface area contributed by atoms with E-state index in [4.69, 9.17) is 0 Å². The van der Waals surface area contributed by atoms with Gasteiger partial charge in [-0.2, -0.15) is 0 Å².